The largest absolute Gasteiger partial charge is 0.508 e. The average molecular weight is 502 g/mol. The van der Waals surface area contributed by atoms with E-state index in [1.54, 1.807) is 12.1 Å². The Kier molecular flexibility index (Phi) is 8.90. The molecule has 0 bridgehead atoms. The zero-order chi connectivity index (χ0) is 24.6. The van der Waals surface area contributed by atoms with Crippen LogP contribution in [0.4, 0.5) is 0 Å². The lowest BCUT2D eigenvalue weighted by atomic mass is 9.76. The van der Waals surface area contributed by atoms with E-state index in [4.69, 9.17) is 4.74 Å². The number of ether oxygens (including phenoxy) is 1. The first-order valence-corrected chi connectivity index (χ1v) is 14.7. The summed E-state index contributed by atoms with van der Waals surface area (Å²) in [5, 5.41) is 9.99. The van der Waals surface area contributed by atoms with Crippen molar-refractivity contribution in [2.75, 3.05) is 32.0 Å². The van der Waals surface area contributed by atoms with Crippen LogP contribution in [0, 0.1) is 0 Å². The molecule has 4 heteroatoms. The zero-order valence-electron chi connectivity index (χ0n) is 21.3. The molecule has 0 aromatic heterocycles. The van der Waals surface area contributed by atoms with Crippen molar-refractivity contribution < 1.29 is 9.84 Å². The number of phenolic OH excluding ortho intramolecular Hbond substituents is 1. The molecule has 3 aromatic carbocycles. The maximum Gasteiger partial charge on any atom is 0.126 e. The Labute approximate surface area is 220 Å². The van der Waals surface area contributed by atoms with Gasteiger partial charge in [0, 0.05) is 28.4 Å². The van der Waals surface area contributed by atoms with Crippen LogP contribution in [0.15, 0.2) is 77.7 Å². The highest BCUT2D eigenvalue weighted by Crippen LogP contribution is 2.47. The first-order valence-electron chi connectivity index (χ1n) is 13.7. The fourth-order valence-electron chi connectivity index (χ4n) is 5.73. The molecule has 1 fully saturated rings. The van der Waals surface area contributed by atoms with Crippen molar-refractivity contribution in [3.05, 3.63) is 89.5 Å². The smallest absolute Gasteiger partial charge is 0.126 e. The molecule has 2 heterocycles. The molecule has 0 radical (unpaired) electrons. The van der Waals surface area contributed by atoms with Crippen LogP contribution in [0.25, 0.3) is 0 Å². The maximum atomic E-state index is 9.99. The second kappa shape index (κ2) is 12.7. The third-order valence-electron chi connectivity index (χ3n) is 7.71. The van der Waals surface area contributed by atoms with E-state index in [9.17, 15) is 5.11 Å². The van der Waals surface area contributed by atoms with Gasteiger partial charge in [0.25, 0.3) is 0 Å². The fourth-order valence-corrected chi connectivity index (χ4v) is 6.65. The molecule has 1 saturated heterocycles. The lowest BCUT2D eigenvalue weighted by Crippen LogP contribution is -2.25. The summed E-state index contributed by atoms with van der Waals surface area (Å²) in [5.41, 5.74) is 3.75. The van der Waals surface area contributed by atoms with E-state index < -0.39 is 0 Å². The number of benzene rings is 3. The zero-order valence-corrected chi connectivity index (χ0v) is 22.1. The van der Waals surface area contributed by atoms with Gasteiger partial charge >= 0.3 is 0 Å². The normalized spacial score (nSPS) is 19.7. The topological polar surface area (TPSA) is 32.7 Å². The van der Waals surface area contributed by atoms with Gasteiger partial charge in [0.15, 0.2) is 0 Å². The lowest BCUT2D eigenvalue weighted by Gasteiger charge is -2.34. The van der Waals surface area contributed by atoms with E-state index in [2.05, 4.69) is 59.5 Å². The standard InChI is InChI=1S/C32H39NO2S/c34-27-15-18-29-31(23-27)35-24-30(25-11-5-4-6-12-25)32(29)26-13-16-28(17-14-26)36-22-10-3-1-2-7-19-33-20-8-9-21-33/h4-6,11-18,23,30,32,34H,1-3,7-10,19-22,24H2/t30-,32-/m1/s1. The number of hydrogen-bond acceptors (Lipinski definition) is 4. The Bertz CT molecular complexity index is 1080. The highest BCUT2D eigenvalue weighted by Gasteiger charge is 2.33. The van der Waals surface area contributed by atoms with Gasteiger partial charge in [-0.25, -0.2) is 0 Å². The highest BCUT2D eigenvalue weighted by molar-refractivity contribution is 7.99. The van der Waals surface area contributed by atoms with Crippen LogP contribution in [-0.2, 0) is 0 Å². The number of hydrogen-bond donors (Lipinski definition) is 1. The fraction of sp³-hybridized carbons (Fsp3) is 0.438. The molecule has 2 atom stereocenters. The third kappa shape index (κ3) is 6.46. The van der Waals surface area contributed by atoms with Crippen LogP contribution in [0.5, 0.6) is 11.5 Å². The molecule has 0 unspecified atom stereocenters. The van der Waals surface area contributed by atoms with Gasteiger partial charge in [-0.2, -0.15) is 0 Å². The molecule has 2 aliphatic heterocycles. The molecule has 0 saturated carbocycles. The molecular formula is C32H39NO2S. The van der Waals surface area contributed by atoms with Gasteiger partial charge < -0.3 is 14.7 Å². The van der Waals surface area contributed by atoms with Gasteiger partial charge in [0.05, 0.1) is 6.61 Å². The van der Waals surface area contributed by atoms with Gasteiger partial charge in [-0.3, -0.25) is 0 Å². The number of rotatable bonds is 11. The Morgan fingerprint density at radius 1 is 0.806 bits per heavy atom. The second-order valence-electron chi connectivity index (χ2n) is 10.3. The lowest BCUT2D eigenvalue weighted by molar-refractivity contribution is 0.248. The van der Waals surface area contributed by atoms with Crippen LogP contribution >= 0.6 is 11.8 Å². The summed E-state index contributed by atoms with van der Waals surface area (Å²) in [6.45, 7) is 4.57. The molecule has 2 aliphatic rings. The van der Waals surface area contributed by atoms with E-state index in [-0.39, 0.29) is 17.6 Å². The van der Waals surface area contributed by atoms with Crippen LogP contribution in [-0.4, -0.2) is 42.0 Å². The summed E-state index contributed by atoms with van der Waals surface area (Å²) in [7, 11) is 0. The Morgan fingerprint density at radius 2 is 1.56 bits per heavy atom. The molecule has 36 heavy (non-hydrogen) atoms. The molecule has 0 spiro atoms. The summed E-state index contributed by atoms with van der Waals surface area (Å²) >= 11 is 1.98. The van der Waals surface area contributed by atoms with Gasteiger partial charge in [0.1, 0.15) is 11.5 Å². The van der Waals surface area contributed by atoms with Gasteiger partial charge in [-0.05, 0) is 80.4 Å². The maximum absolute atomic E-state index is 9.99. The van der Waals surface area contributed by atoms with Crippen molar-refractivity contribution in [2.45, 2.75) is 61.7 Å². The number of aromatic hydroxyl groups is 1. The Hall–Kier alpha value is -2.43. The summed E-state index contributed by atoms with van der Waals surface area (Å²) in [4.78, 5) is 3.98. The van der Waals surface area contributed by atoms with E-state index >= 15 is 0 Å². The number of thioether (sulfide) groups is 1. The summed E-state index contributed by atoms with van der Waals surface area (Å²) in [6, 6.07) is 25.4. The average Bonchev–Trinajstić information content (AvgIpc) is 3.44. The minimum atomic E-state index is 0.205. The molecule has 0 aliphatic carbocycles. The molecule has 190 valence electrons. The Balaban J connectivity index is 1.15. The summed E-state index contributed by atoms with van der Waals surface area (Å²) in [6.07, 6.45) is 9.55. The van der Waals surface area contributed by atoms with E-state index in [0.29, 0.717) is 6.61 Å². The molecule has 3 aromatic rings. The van der Waals surface area contributed by atoms with E-state index in [0.717, 1.165) is 11.3 Å². The SMILES string of the molecule is Oc1ccc2c(c1)OC[C@H](c1ccccc1)[C@@H]2c1ccc(SCCCCCCCN2CCCC2)cc1. The van der Waals surface area contributed by atoms with Gasteiger partial charge in [-0.15, -0.1) is 11.8 Å². The third-order valence-corrected chi connectivity index (χ3v) is 8.80. The van der Waals surface area contributed by atoms with Crippen molar-refractivity contribution in [3.8, 4) is 11.5 Å². The number of likely N-dealkylation sites (tertiary alicyclic amines) is 1. The van der Waals surface area contributed by atoms with E-state index in [1.165, 1.54) is 86.4 Å². The first kappa shape index (κ1) is 25.2. The van der Waals surface area contributed by atoms with Gasteiger partial charge in [0.2, 0.25) is 0 Å². The number of unbranched alkanes of at least 4 members (excludes halogenated alkanes) is 4. The molecule has 3 nitrogen and oxygen atoms in total. The summed E-state index contributed by atoms with van der Waals surface area (Å²) < 4.78 is 6.11. The van der Waals surface area contributed by atoms with E-state index in [1.807, 2.05) is 17.8 Å². The predicted octanol–water partition coefficient (Wildman–Crippen LogP) is 7.84. The second-order valence-corrected chi connectivity index (χ2v) is 11.4. The van der Waals surface area contributed by atoms with Gasteiger partial charge in [-0.1, -0.05) is 67.8 Å². The van der Waals surface area contributed by atoms with Crippen LogP contribution < -0.4 is 4.74 Å². The quantitative estimate of drug-likeness (QED) is 0.214. The van der Waals surface area contributed by atoms with Crippen molar-refractivity contribution in [1.29, 1.82) is 0 Å². The number of phenols is 1. The highest BCUT2D eigenvalue weighted by atomic mass is 32.2. The molecular weight excluding hydrogens is 462 g/mol. The van der Waals surface area contributed by atoms with Crippen LogP contribution in [0.3, 0.4) is 0 Å². The molecule has 5 rings (SSSR count). The summed E-state index contributed by atoms with van der Waals surface area (Å²) in [5.74, 6) is 2.69. The molecule has 1 N–H and O–H groups in total. The van der Waals surface area contributed by atoms with Crippen molar-refractivity contribution in [3.63, 3.8) is 0 Å². The molecule has 0 amide bonds. The predicted molar refractivity (Wildman–Crippen MR) is 151 cm³/mol. The minimum Gasteiger partial charge on any atom is -0.508 e. The Morgan fingerprint density at radius 3 is 2.36 bits per heavy atom. The van der Waals surface area contributed by atoms with Crippen molar-refractivity contribution in [1.82, 2.24) is 4.90 Å². The minimum absolute atomic E-state index is 0.205. The number of nitrogens with zero attached hydrogens (tertiary/aromatic N) is 1. The first-order chi connectivity index (χ1) is 17.8. The van der Waals surface area contributed by atoms with Crippen LogP contribution in [0.1, 0.15) is 73.5 Å². The monoisotopic (exact) mass is 501 g/mol. The van der Waals surface area contributed by atoms with Crippen LogP contribution in [0.2, 0.25) is 0 Å². The van der Waals surface area contributed by atoms with Crippen molar-refractivity contribution >= 4 is 11.8 Å². The number of fused-ring (bicyclic) bond motifs is 1. The van der Waals surface area contributed by atoms with Crippen molar-refractivity contribution in [2.24, 2.45) is 0 Å².